The molecule has 0 amide bonds. The molecule has 0 atom stereocenters. The first-order valence-corrected chi connectivity index (χ1v) is 5.48. The van der Waals surface area contributed by atoms with Crippen LogP contribution in [0.25, 0.3) is 0 Å². The fourth-order valence-corrected chi connectivity index (χ4v) is 1.70. The smallest absolute Gasteiger partial charge is 0.267 e. The molecule has 1 aromatic rings. The van der Waals surface area contributed by atoms with Crippen LogP contribution in [0, 0.1) is 0 Å². The van der Waals surface area contributed by atoms with E-state index < -0.39 is 0 Å². The molecule has 0 radical (unpaired) electrons. The highest BCUT2D eigenvalue weighted by Gasteiger charge is 2.15. The lowest BCUT2D eigenvalue weighted by Crippen LogP contribution is -2.33. The molecule has 5 heteroatoms. The number of anilines is 1. The SMILES string of the molecule is C=CCN(c1nc[nH]c(=O)c1Br)C(C)C. The first kappa shape index (κ1) is 12.0. The van der Waals surface area contributed by atoms with Crippen molar-refractivity contribution in [2.45, 2.75) is 19.9 Å². The number of rotatable bonds is 4. The standard InChI is InChI=1S/C10H14BrN3O/c1-4-5-14(7(2)3)9-8(11)10(15)13-6-12-9/h4,6-7H,1,5H2,2-3H3,(H,12,13,15). The fourth-order valence-electron chi connectivity index (χ4n) is 1.25. The van der Waals surface area contributed by atoms with Crippen LogP contribution < -0.4 is 10.5 Å². The summed E-state index contributed by atoms with van der Waals surface area (Å²) in [4.78, 5) is 20.0. The van der Waals surface area contributed by atoms with Crippen LogP contribution >= 0.6 is 15.9 Å². The number of H-pyrrole nitrogens is 1. The molecule has 0 aliphatic rings. The molecule has 0 spiro atoms. The van der Waals surface area contributed by atoms with Crippen LogP contribution in [-0.2, 0) is 0 Å². The molecule has 1 heterocycles. The Labute approximate surface area is 97.2 Å². The molecule has 0 unspecified atom stereocenters. The van der Waals surface area contributed by atoms with Crippen molar-refractivity contribution in [2.24, 2.45) is 0 Å². The molecule has 0 bridgehead atoms. The molecule has 82 valence electrons. The van der Waals surface area contributed by atoms with Gasteiger partial charge in [-0.05, 0) is 29.8 Å². The third-order valence-electron chi connectivity index (χ3n) is 2.00. The first-order chi connectivity index (χ1) is 7.07. The predicted octanol–water partition coefficient (Wildman–Crippen LogP) is 1.93. The predicted molar refractivity (Wildman–Crippen MR) is 65.2 cm³/mol. The molecule has 0 aromatic carbocycles. The number of aromatic amines is 1. The van der Waals surface area contributed by atoms with Crippen LogP contribution in [0.2, 0.25) is 0 Å². The van der Waals surface area contributed by atoms with E-state index in [0.717, 1.165) is 0 Å². The Morgan fingerprint density at radius 1 is 1.73 bits per heavy atom. The minimum absolute atomic E-state index is 0.172. The Hall–Kier alpha value is -1.10. The van der Waals surface area contributed by atoms with E-state index in [1.807, 2.05) is 18.7 Å². The zero-order valence-electron chi connectivity index (χ0n) is 8.83. The topological polar surface area (TPSA) is 49.0 Å². The first-order valence-electron chi connectivity index (χ1n) is 4.68. The number of nitrogens with one attached hydrogen (secondary N) is 1. The van der Waals surface area contributed by atoms with Gasteiger partial charge in [0, 0.05) is 12.6 Å². The van der Waals surface area contributed by atoms with Gasteiger partial charge in [-0.3, -0.25) is 4.79 Å². The van der Waals surface area contributed by atoms with Crippen LogP contribution in [0.4, 0.5) is 5.82 Å². The zero-order valence-corrected chi connectivity index (χ0v) is 10.4. The second kappa shape index (κ2) is 5.11. The monoisotopic (exact) mass is 271 g/mol. The Balaban J connectivity index is 3.16. The number of nitrogens with zero attached hydrogens (tertiary/aromatic N) is 2. The minimum atomic E-state index is -0.172. The van der Waals surface area contributed by atoms with E-state index in [4.69, 9.17) is 0 Å². The Kier molecular flexibility index (Phi) is 4.08. The van der Waals surface area contributed by atoms with Gasteiger partial charge in [0.15, 0.2) is 5.82 Å². The number of hydrogen-bond acceptors (Lipinski definition) is 3. The summed E-state index contributed by atoms with van der Waals surface area (Å²) >= 11 is 3.24. The Bertz CT molecular complexity index is 400. The highest BCUT2D eigenvalue weighted by molar-refractivity contribution is 9.10. The van der Waals surface area contributed by atoms with Crippen molar-refractivity contribution in [2.75, 3.05) is 11.4 Å². The lowest BCUT2D eigenvalue weighted by molar-refractivity contribution is 0.707. The number of hydrogen-bond donors (Lipinski definition) is 1. The summed E-state index contributed by atoms with van der Waals surface area (Å²) in [6, 6.07) is 0.258. The second-order valence-corrected chi connectivity index (χ2v) is 4.20. The quantitative estimate of drug-likeness (QED) is 0.852. The van der Waals surface area contributed by atoms with Gasteiger partial charge in [0.05, 0.1) is 6.33 Å². The Morgan fingerprint density at radius 3 is 2.93 bits per heavy atom. The van der Waals surface area contributed by atoms with Gasteiger partial charge in [0.2, 0.25) is 0 Å². The highest BCUT2D eigenvalue weighted by Crippen LogP contribution is 2.20. The molecular formula is C10H14BrN3O. The minimum Gasteiger partial charge on any atom is -0.349 e. The van der Waals surface area contributed by atoms with E-state index in [1.54, 1.807) is 6.08 Å². The molecule has 1 rings (SSSR count). The van der Waals surface area contributed by atoms with Crippen LogP contribution in [0.5, 0.6) is 0 Å². The Morgan fingerprint density at radius 2 is 2.40 bits per heavy atom. The summed E-state index contributed by atoms with van der Waals surface area (Å²) < 4.78 is 0.459. The molecule has 0 saturated heterocycles. The van der Waals surface area contributed by atoms with E-state index >= 15 is 0 Å². The summed E-state index contributed by atoms with van der Waals surface area (Å²) in [5, 5.41) is 0. The summed E-state index contributed by atoms with van der Waals surface area (Å²) in [5.41, 5.74) is -0.172. The lowest BCUT2D eigenvalue weighted by Gasteiger charge is -2.26. The summed E-state index contributed by atoms with van der Waals surface area (Å²) in [5.74, 6) is 0.647. The maximum Gasteiger partial charge on any atom is 0.267 e. The molecule has 4 nitrogen and oxygen atoms in total. The summed E-state index contributed by atoms with van der Waals surface area (Å²) in [7, 11) is 0. The van der Waals surface area contributed by atoms with Gasteiger partial charge in [-0.15, -0.1) is 6.58 Å². The fraction of sp³-hybridized carbons (Fsp3) is 0.400. The average Bonchev–Trinajstić information content (AvgIpc) is 2.19. The average molecular weight is 272 g/mol. The van der Waals surface area contributed by atoms with Crippen LogP contribution in [-0.4, -0.2) is 22.6 Å². The van der Waals surface area contributed by atoms with Crippen molar-refractivity contribution in [3.05, 3.63) is 33.8 Å². The van der Waals surface area contributed by atoms with E-state index in [2.05, 4.69) is 32.5 Å². The molecular weight excluding hydrogens is 258 g/mol. The van der Waals surface area contributed by atoms with Crippen molar-refractivity contribution in [3.8, 4) is 0 Å². The van der Waals surface area contributed by atoms with E-state index in [1.165, 1.54) is 6.33 Å². The van der Waals surface area contributed by atoms with Crippen molar-refractivity contribution in [1.29, 1.82) is 0 Å². The van der Waals surface area contributed by atoms with Gasteiger partial charge in [-0.1, -0.05) is 6.08 Å². The second-order valence-electron chi connectivity index (χ2n) is 3.40. The molecule has 1 aromatic heterocycles. The van der Waals surface area contributed by atoms with Gasteiger partial charge in [0.1, 0.15) is 4.47 Å². The summed E-state index contributed by atoms with van der Waals surface area (Å²) in [6.07, 6.45) is 3.19. The number of halogens is 1. The van der Waals surface area contributed by atoms with Gasteiger partial charge in [0.25, 0.3) is 5.56 Å². The molecule has 1 N–H and O–H groups in total. The third kappa shape index (κ3) is 2.68. The molecule has 0 aliphatic heterocycles. The summed E-state index contributed by atoms with van der Waals surface area (Å²) in [6.45, 7) is 8.43. The van der Waals surface area contributed by atoms with Crippen molar-refractivity contribution < 1.29 is 0 Å². The third-order valence-corrected chi connectivity index (χ3v) is 2.71. The van der Waals surface area contributed by atoms with Gasteiger partial charge < -0.3 is 9.88 Å². The largest absolute Gasteiger partial charge is 0.349 e. The maximum atomic E-state index is 11.4. The van der Waals surface area contributed by atoms with Crippen LogP contribution in [0.1, 0.15) is 13.8 Å². The molecule has 0 fully saturated rings. The van der Waals surface area contributed by atoms with Gasteiger partial charge in [-0.25, -0.2) is 4.98 Å². The van der Waals surface area contributed by atoms with Crippen molar-refractivity contribution in [1.82, 2.24) is 9.97 Å². The normalized spacial score (nSPS) is 10.4. The van der Waals surface area contributed by atoms with Crippen molar-refractivity contribution >= 4 is 21.7 Å². The van der Waals surface area contributed by atoms with Gasteiger partial charge in [-0.2, -0.15) is 0 Å². The van der Waals surface area contributed by atoms with Crippen LogP contribution in [0.15, 0.2) is 28.2 Å². The number of aromatic nitrogens is 2. The highest BCUT2D eigenvalue weighted by atomic mass is 79.9. The van der Waals surface area contributed by atoms with E-state index in [9.17, 15) is 4.79 Å². The van der Waals surface area contributed by atoms with Gasteiger partial charge >= 0.3 is 0 Å². The maximum absolute atomic E-state index is 11.4. The molecule has 0 aliphatic carbocycles. The molecule has 15 heavy (non-hydrogen) atoms. The van der Waals surface area contributed by atoms with E-state index in [0.29, 0.717) is 16.8 Å². The lowest BCUT2D eigenvalue weighted by atomic mass is 10.3. The zero-order chi connectivity index (χ0) is 11.4. The van der Waals surface area contributed by atoms with Crippen molar-refractivity contribution in [3.63, 3.8) is 0 Å². The van der Waals surface area contributed by atoms with Crippen LogP contribution in [0.3, 0.4) is 0 Å². The van der Waals surface area contributed by atoms with E-state index in [-0.39, 0.29) is 11.6 Å². The molecule has 0 saturated carbocycles.